The van der Waals surface area contributed by atoms with Crippen LogP contribution in [0.4, 0.5) is 5.69 Å². The zero-order valence-corrected chi connectivity index (χ0v) is 22.7. The maximum absolute atomic E-state index is 11.8. The molecule has 0 unspecified atom stereocenters. The number of carbonyl (C=O) groups excluding carboxylic acids is 1. The molecular weight excluding hydrogens is 516 g/mol. The highest BCUT2D eigenvalue weighted by Crippen LogP contribution is 2.43. The number of methoxy groups -OCH3 is 2. The van der Waals surface area contributed by atoms with Gasteiger partial charge >= 0.3 is 5.97 Å². The molecule has 0 aliphatic carbocycles. The fraction of sp³-hybridized carbons (Fsp3) is 0.370. The first kappa shape index (κ1) is 26.9. The summed E-state index contributed by atoms with van der Waals surface area (Å²) in [5.41, 5.74) is 3.07. The lowest BCUT2D eigenvalue weighted by atomic mass is 9.98. The summed E-state index contributed by atoms with van der Waals surface area (Å²) in [5, 5.41) is 3.87. The van der Waals surface area contributed by atoms with Gasteiger partial charge in [-0.15, -0.1) is 0 Å². The second-order valence-electron chi connectivity index (χ2n) is 8.43. The van der Waals surface area contributed by atoms with Gasteiger partial charge in [0.1, 0.15) is 23.0 Å². The molecule has 1 aromatic heterocycles. The van der Waals surface area contributed by atoms with E-state index in [0.29, 0.717) is 51.9 Å². The highest BCUT2D eigenvalue weighted by molar-refractivity contribution is 7.80. The van der Waals surface area contributed by atoms with E-state index in [0.717, 1.165) is 16.8 Å². The van der Waals surface area contributed by atoms with E-state index in [1.54, 1.807) is 27.2 Å². The summed E-state index contributed by atoms with van der Waals surface area (Å²) in [5.74, 6) is 1.96. The molecule has 2 aromatic carbocycles. The van der Waals surface area contributed by atoms with E-state index in [-0.39, 0.29) is 18.8 Å². The van der Waals surface area contributed by atoms with Crippen molar-refractivity contribution in [3.63, 3.8) is 0 Å². The van der Waals surface area contributed by atoms with Crippen molar-refractivity contribution in [1.82, 2.24) is 4.98 Å². The predicted molar refractivity (Wildman–Crippen MR) is 144 cm³/mol. The third-order valence-corrected chi connectivity index (χ3v) is 6.62. The minimum Gasteiger partial charge on any atom is -0.493 e. The summed E-state index contributed by atoms with van der Waals surface area (Å²) >= 11 is 12.1. The number of ether oxygens (including phenoxy) is 4. The summed E-state index contributed by atoms with van der Waals surface area (Å²) in [6, 6.07) is 11.1. The average molecular weight is 545 g/mol. The van der Waals surface area contributed by atoms with Crippen LogP contribution in [0.3, 0.4) is 0 Å². The molecule has 1 aliphatic rings. The lowest BCUT2D eigenvalue weighted by Gasteiger charge is -2.24. The minimum atomic E-state index is -0.573. The number of nitrogens with zero attached hydrogens (tertiary/aromatic N) is 1. The monoisotopic (exact) mass is 544 g/mol. The molecule has 0 bridgehead atoms. The Labute approximate surface area is 226 Å². The Bertz CT molecular complexity index is 1290. The molecule has 0 amide bonds. The Kier molecular flexibility index (Phi) is 8.68. The molecular formula is C27H29ClN2O6S. The van der Waals surface area contributed by atoms with Gasteiger partial charge in [-0.25, -0.2) is 4.98 Å². The molecule has 0 saturated carbocycles. The van der Waals surface area contributed by atoms with Crippen molar-refractivity contribution in [3.8, 4) is 11.5 Å². The number of esters is 1. The van der Waals surface area contributed by atoms with Gasteiger partial charge < -0.3 is 28.7 Å². The van der Waals surface area contributed by atoms with E-state index in [1.165, 1.54) is 0 Å². The highest BCUT2D eigenvalue weighted by atomic mass is 35.5. The van der Waals surface area contributed by atoms with E-state index >= 15 is 0 Å². The van der Waals surface area contributed by atoms with Gasteiger partial charge in [0.25, 0.3) is 0 Å². The molecule has 37 heavy (non-hydrogen) atoms. The average Bonchev–Trinajstić information content (AvgIpc) is 3.17. The second kappa shape index (κ2) is 11.9. The van der Waals surface area contributed by atoms with E-state index < -0.39 is 12.2 Å². The van der Waals surface area contributed by atoms with Crippen LogP contribution in [0.25, 0.3) is 0 Å². The van der Waals surface area contributed by atoms with Gasteiger partial charge in [-0.2, -0.15) is 0 Å². The number of anilines is 1. The maximum atomic E-state index is 11.8. The predicted octanol–water partition coefficient (Wildman–Crippen LogP) is 5.62. The number of hydrogen-bond donors (Lipinski definition) is 1. The van der Waals surface area contributed by atoms with Gasteiger partial charge in [0.2, 0.25) is 0 Å². The van der Waals surface area contributed by atoms with Crippen LogP contribution in [0, 0.1) is 6.92 Å². The molecule has 0 fully saturated rings. The van der Waals surface area contributed by atoms with Crippen molar-refractivity contribution < 1.29 is 28.2 Å². The largest absolute Gasteiger partial charge is 0.493 e. The summed E-state index contributed by atoms with van der Waals surface area (Å²) in [6.07, 6.45) is -0.235. The van der Waals surface area contributed by atoms with Crippen LogP contribution in [-0.2, 0) is 27.1 Å². The number of halogens is 1. The van der Waals surface area contributed by atoms with Crippen LogP contribution in [0.2, 0.25) is 5.02 Å². The number of oxazole rings is 1. The zero-order chi connectivity index (χ0) is 26.5. The van der Waals surface area contributed by atoms with Crippen LogP contribution in [0.1, 0.15) is 47.9 Å². The Balaban J connectivity index is 1.66. The molecule has 0 spiro atoms. The summed E-state index contributed by atoms with van der Waals surface area (Å²) in [6.45, 7) is 3.97. The number of nitrogens with one attached hydrogen (secondary N) is 1. The van der Waals surface area contributed by atoms with Crippen LogP contribution < -0.4 is 14.8 Å². The van der Waals surface area contributed by atoms with E-state index in [9.17, 15) is 4.79 Å². The Morgan fingerprint density at radius 2 is 2.00 bits per heavy atom. The zero-order valence-electron chi connectivity index (χ0n) is 21.1. The highest BCUT2D eigenvalue weighted by Gasteiger charge is 2.33. The van der Waals surface area contributed by atoms with E-state index in [4.69, 9.17) is 47.2 Å². The molecule has 196 valence electrons. The summed E-state index contributed by atoms with van der Waals surface area (Å²) < 4.78 is 28.9. The van der Waals surface area contributed by atoms with E-state index in [2.05, 4.69) is 10.3 Å². The Hall–Kier alpha value is -3.14. The molecule has 1 N–H and O–H groups in total. The third kappa shape index (κ3) is 6.06. The van der Waals surface area contributed by atoms with Crippen molar-refractivity contribution in [3.05, 3.63) is 69.9 Å². The van der Waals surface area contributed by atoms with E-state index in [1.807, 2.05) is 37.3 Å². The molecule has 3 aromatic rings. The lowest BCUT2D eigenvalue weighted by Crippen LogP contribution is -2.30. The fourth-order valence-corrected chi connectivity index (χ4v) is 4.72. The van der Waals surface area contributed by atoms with Gasteiger partial charge in [0.15, 0.2) is 17.4 Å². The quantitative estimate of drug-likeness (QED) is 0.272. The van der Waals surface area contributed by atoms with Crippen LogP contribution in [0.5, 0.6) is 11.5 Å². The molecule has 0 saturated heterocycles. The SMILES string of the molecule is CCOC(=O)CCc1oc(C[C@@H]2O[C@@H](c3cccc(OC)c3OC)c3cc(Cl)ccc3NC2=S)nc1C. The summed E-state index contributed by atoms with van der Waals surface area (Å²) in [4.78, 5) is 16.8. The second-order valence-corrected chi connectivity index (χ2v) is 9.31. The Morgan fingerprint density at radius 3 is 2.73 bits per heavy atom. The van der Waals surface area contributed by atoms with Crippen LogP contribution >= 0.6 is 23.8 Å². The molecule has 4 rings (SSSR count). The van der Waals surface area contributed by atoms with Gasteiger partial charge in [-0.05, 0) is 38.1 Å². The first-order chi connectivity index (χ1) is 17.8. The molecule has 2 heterocycles. The fourth-order valence-electron chi connectivity index (χ4n) is 4.29. The minimum absolute atomic E-state index is 0.219. The smallest absolute Gasteiger partial charge is 0.306 e. The molecule has 0 radical (unpaired) electrons. The number of para-hydroxylation sites is 1. The van der Waals surface area contributed by atoms with Crippen molar-refractivity contribution in [2.75, 3.05) is 26.1 Å². The van der Waals surface area contributed by atoms with Crippen molar-refractivity contribution in [1.29, 1.82) is 0 Å². The maximum Gasteiger partial charge on any atom is 0.306 e. The topological polar surface area (TPSA) is 92.1 Å². The normalized spacial score (nSPS) is 16.9. The number of fused-ring (bicyclic) bond motifs is 1. The number of aryl methyl sites for hydroxylation is 2. The Morgan fingerprint density at radius 1 is 1.19 bits per heavy atom. The number of benzene rings is 2. The van der Waals surface area contributed by atoms with Gasteiger partial charge in [-0.1, -0.05) is 36.0 Å². The molecule has 1 aliphatic heterocycles. The lowest BCUT2D eigenvalue weighted by molar-refractivity contribution is -0.143. The first-order valence-electron chi connectivity index (χ1n) is 11.9. The van der Waals surface area contributed by atoms with Crippen LogP contribution in [0.15, 0.2) is 40.8 Å². The number of carbonyl (C=O) groups is 1. The van der Waals surface area contributed by atoms with Crippen molar-refractivity contribution in [2.45, 2.75) is 45.3 Å². The van der Waals surface area contributed by atoms with Gasteiger partial charge in [0.05, 0.1) is 39.4 Å². The first-order valence-corrected chi connectivity index (χ1v) is 12.7. The molecule has 8 nitrogen and oxygen atoms in total. The van der Waals surface area contributed by atoms with Crippen molar-refractivity contribution in [2.24, 2.45) is 0 Å². The van der Waals surface area contributed by atoms with Crippen molar-refractivity contribution >= 4 is 40.5 Å². The molecule has 2 atom stereocenters. The molecule has 10 heteroatoms. The summed E-state index contributed by atoms with van der Waals surface area (Å²) in [7, 11) is 3.18. The third-order valence-electron chi connectivity index (χ3n) is 6.02. The number of rotatable bonds is 9. The van der Waals surface area contributed by atoms with Gasteiger partial charge in [-0.3, -0.25) is 4.79 Å². The standard InChI is InChI=1S/C27H29ClN2O6S/c1-5-34-24(31)12-11-20-15(2)29-23(35-20)14-22-27(37)30-19-10-9-16(28)13-18(19)25(36-22)17-7-6-8-21(32-3)26(17)33-4/h6-10,13,22,25H,5,11-12,14H2,1-4H3,(H,30,37)/t22-,25-/m0/s1. The number of hydrogen-bond acceptors (Lipinski definition) is 8. The number of thiocarbonyl (C=S) groups is 1. The van der Waals surface area contributed by atoms with Gasteiger partial charge in [0, 0.05) is 28.3 Å². The van der Waals surface area contributed by atoms with Crippen LogP contribution in [-0.4, -0.2) is 42.9 Å². The number of aromatic nitrogens is 1.